The fourth-order valence-corrected chi connectivity index (χ4v) is 0.676. The first-order valence-electron chi connectivity index (χ1n) is 5.75. The first-order chi connectivity index (χ1) is 9.01. The summed E-state index contributed by atoms with van der Waals surface area (Å²) in [6.07, 6.45) is 0.426. The molecule has 0 bridgehead atoms. The van der Waals surface area contributed by atoms with Gasteiger partial charge in [0, 0.05) is 32.4 Å². The Kier molecular flexibility index (Phi) is 10.9. The summed E-state index contributed by atoms with van der Waals surface area (Å²) >= 11 is 5.18. The lowest BCUT2D eigenvalue weighted by molar-refractivity contribution is -0.190. The molecule has 6 nitrogen and oxygen atoms in total. The van der Waals surface area contributed by atoms with Crippen molar-refractivity contribution in [2.24, 2.45) is 0 Å². The lowest BCUT2D eigenvalue weighted by Crippen LogP contribution is -2.27. The van der Waals surface area contributed by atoms with Crippen LogP contribution in [0.4, 0.5) is 0 Å². The molecular formula is C13H21ClO6. The molecule has 0 spiro atoms. The second-order valence-electron chi connectivity index (χ2n) is 4.23. The Bertz CT molecular complexity index is 356. The van der Waals surface area contributed by atoms with E-state index in [2.05, 4.69) is 22.6 Å². The van der Waals surface area contributed by atoms with Crippen LogP contribution >= 0.6 is 11.6 Å². The Morgan fingerprint density at radius 3 is 2.00 bits per heavy atom. The molecule has 7 heteroatoms. The van der Waals surface area contributed by atoms with E-state index in [1.807, 2.05) is 0 Å². The molecule has 0 amide bonds. The number of carbonyl (C=O) groups is 2. The van der Waals surface area contributed by atoms with Crippen LogP contribution in [0.3, 0.4) is 0 Å². The van der Waals surface area contributed by atoms with Crippen molar-refractivity contribution >= 4 is 23.5 Å². The van der Waals surface area contributed by atoms with Gasteiger partial charge >= 0.3 is 11.9 Å². The second kappa shape index (κ2) is 10.4. The van der Waals surface area contributed by atoms with Crippen molar-refractivity contribution in [3.8, 4) is 0 Å². The van der Waals surface area contributed by atoms with E-state index in [0.29, 0.717) is 6.42 Å². The standard InChI is InChI=1S/C7H12O3.C6H9ClO3/c1-5(2)6(8)10-7(3,4)9;1-5(7)6(9)10-4-2-3-8/h9H,1H2,2-4H3;8H,1-4H2. The third-order valence-electron chi connectivity index (χ3n) is 1.45. The van der Waals surface area contributed by atoms with Gasteiger partial charge in [0.05, 0.1) is 6.61 Å². The van der Waals surface area contributed by atoms with E-state index in [-0.39, 0.29) is 23.8 Å². The van der Waals surface area contributed by atoms with Crippen LogP contribution in [-0.4, -0.2) is 41.2 Å². The van der Waals surface area contributed by atoms with Crippen molar-refractivity contribution in [3.63, 3.8) is 0 Å². The largest absolute Gasteiger partial charge is 0.461 e. The smallest absolute Gasteiger partial charge is 0.349 e. The predicted octanol–water partition coefficient (Wildman–Crippen LogP) is 1.50. The molecule has 0 aliphatic heterocycles. The average Bonchev–Trinajstić information content (AvgIpc) is 2.27. The Morgan fingerprint density at radius 2 is 1.75 bits per heavy atom. The fraction of sp³-hybridized carbons (Fsp3) is 0.538. The molecule has 0 saturated carbocycles. The van der Waals surface area contributed by atoms with Gasteiger partial charge in [0.25, 0.3) is 0 Å². The zero-order valence-corrected chi connectivity index (χ0v) is 12.7. The van der Waals surface area contributed by atoms with Crippen LogP contribution in [0.5, 0.6) is 0 Å². The Hall–Kier alpha value is -1.37. The second-order valence-corrected chi connectivity index (χ2v) is 4.69. The molecule has 116 valence electrons. The molecular weight excluding hydrogens is 288 g/mol. The number of rotatable bonds is 6. The minimum atomic E-state index is -1.41. The topological polar surface area (TPSA) is 93.1 Å². The van der Waals surface area contributed by atoms with Gasteiger partial charge in [-0.2, -0.15) is 0 Å². The molecule has 0 radical (unpaired) electrons. The molecule has 0 aromatic rings. The molecule has 0 aromatic heterocycles. The normalized spacial score (nSPS) is 9.90. The Morgan fingerprint density at radius 1 is 1.25 bits per heavy atom. The van der Waals surface area contributed by atoms with Crippen molar-refractivity contribution < 1.29 is 29.3 Å². The summed E-state index contributed by atoms with van der Waals surface area (Å²) in [5.41, 5.74) is 0.280. The van der Waals surface area contributed by atoms with Crippen molar-refractivity contribution in [1.82, 2.24) is 0 Å². The minimum Gasteiger partial charge on any atom is -0.461 e. The zero-order valence-electron chi connectivity index (χ0n) is 11.9. The predicted molar refractivity (Wildman–Crippen MR) is 74.9 cm³/mol. The number of esters is 2. The summed E-state index contributed by atoms with van der Waals surface area (Å²) in [5.74, 6) is -2.61. The van der Waals surface area contributed by atoms with E-state index in [1.54, 1.807) is 0 Å². The maximum absolute atomic E-state index is 10.7. The number of hydrogen-bond donors (Lipinski definition) is 2. The van der Waals surface area contributed by atoms with Gasteiger partial charge in [0.2, 0.25) is 5.79 Å². The van der Waals surface area contributed by atoms with Crippen LogP contribution in [0.25, 0.3) is 0 Å². The number of aliphatic hydroxyl groups excluding tert-OH is 1. The van der Waals surface area contributed by atoms with Crippen molar-refractivity contribution in [2.75, 3.05) is 13.2 Å². The van der Waals surface area contributed by atoms with E-state index >= 15 is 0 Å². The highest BCUT2D eigenvalue weighted by Crippen LogP contribution is 2.06. The fourth-order valence-electron chi connectivity index (χ4n) is 0.622. The van der Waals surface area contributed by atoms with Gasteiger partial charge in [-0.05, 0) is 6.92 Å². The molecule has 2 N–H and O–H groups in total. The van der Waals surface area contributed by atoms with Crippen molar-refractivity contribution in [1.29, 1.82) is 0 Å². The highest BCUT2D eigenvalue weighted by molar-refractivity contribution is 6.40. The molecule has 20 heavy (non-hydrogen) atoms. The molecule has 0 fully saturated rings. The summed E-state index contributed by atoms with van der Waals surface area (Å²) in [4.78, 5) is 21.2. The summed E-state index contributed by atoms with van der Waals surface area (Å²) < 4.78 is 9.03. The van der Waals surface area contributed by atoms with Gasteiger partial charge < -0.3 is 19.7 Å². The monoisotopic (exact) mass is 308 g/mol. The van der Waals surface area contributed by atoms with Crippen LogP contribution in [-0.2, 0) is 19.1 Å². The maximum atomic E-state index is 10.7. The highest BCUT2D eigenvalue weighted by atomic mass is 35.5. The summed E-state index contributed by atoms with van der Waals surface area (Å²) in [6.45, 7) is 11.0. The molecule has 0 heterocycles. The van der Waals surface area contributed by atoms with E-state index in [0.717, 1.165) is 0 Å². The summed E-state index contributed by atoms with van der Waals surface area (Å²) in [5, 5.41) is 17.1. The maximum Gasteiger partial charge on any atom is 0.349 e. The highest BCUT2D eigenvalue weighted by Gasteiger charge is 2.18. The van der Waals surface area contributed by atoms with Crippen LogP contribution in [0, 0.1) is 0 Å². The first kappa shape index (κ1) is 20.9. The van der Waals surface area contributed by atoms with Gasteiger partial charge in [0.15, 0.2) is 0 Å². The van der Waals surface area contributed by atoms with Crippen LogP contribution in [0.1, 0.15) is 27.2 Å². The van der Waals surface area contributed by atoms with Crippen LogP contribution < -0.4 is 0 Å². The van der Waals surface area contributed by atoms with Crippen LogP contribution in [0.2, 0.25) is 0 Å². The Labute approximate surface area is 123 Å². The summed E-state index contributed by atoms with van der Waals surface area (Å²) in [7, 11) is 0. The third kappa shape index (κ3) is 14.7. The van der Waals surface area contributed by atoms with Gasteiger partial charge in [-0.3, -0.25) is 0 Å². The lowest BCUT2D eigenvalue weighted by Gasteiger charge is -2.17. The van der Waals surface area contributed by atoms with Gasteiger partial charge in [-0.15, -0.1) is 0 Å². The number of halogens is 1. The number of ether oxygens (including phenoxy) is 2. The van der Waals surface area contributed by atoms with E-state index in [1.165, 1.54) is 20.8 Å². The van der Waals surface area contributed by atoms with Crippen molar-refractivity contribution in [3.05, 3.63) is 23.8 Å². The van der Waals surface area contributed by atoms with Gasteiger partial charge in [-0.25, -0.2) is 9.59 Å². The van der Waals surface area contributed by atoms with E-state index in [4.69, 9.17) is 21.8 Å². The molecule has 0 atom stereocenters. The van der Waals surface area contributed by atoms with Gasteiger partial charge in [0.1, 0.15) is 5.03 Å². The number of carbonyl (C=O) groups excluding carboxylic acids is 2. The number of hydrogen-bond acceptors (Lipinski definition) is 6. The molecule has 0 aliphatic rings. The minimum absolute atomic E-state index is 0.00203. The lowest BCUT2D eigenvalue weighted by atomic mass is 10.3. The van der Waals surface area contributed by atoms with Crippen molar-refractivity contribution in [2.45, 2.75) is 33.0 Å². The quantitative estimate of drug-likeness (QED) is 0.334. The SMILES string of the molecule is C=C(C)C(=O)OC(C)(C)O.C=C(Cl)C(=O)OCCCO. The third-order valence-corrected chi connectivity index (χ3v) is 1.60. The number of aliphatic hydroxyl groups is 2. The Balaban J connectivity index is 0. The molecule has 0 aromatic carbocycles. The molecule has 0 aliphatic carbocycles. The zero-order chi connectivity index (χ0) is 16.3. The van der Waals surface area contributed by atoms with E-state index < -0.39 is 17.7 Å². The van der Waals surface area contributed by atoms with E-state index in [9.17, 15) is 9.59 Å². The average molecular weight is 309 g/mol. The molecule has 0 saturated heterocycles. The summed E-state index contributed by atoms with van der Waals surface area (Å²) in [6, 6.07) is 0. The molecule has 0 unspecified atom stereocenters. The molecule has 0 rings (SSSR count). The first-order valence-corrected chi connectivity index (χ1v) is 6.12. The van der Waals surface area contributed by atoms with Crippen LogP contribution in [0.15, 0.2) is 23.8 Å². The van der Waals surface area contributed by atoms with Gasteiger partial charge in [-0.1, -0.05) is 24.8 Å².